The highest BCUT2D eigenvalue weighted by atomic mass is 32.1. The van der Waals surface area contributed by atoms with Gasteiger partial charge in [-0.05, 0) is 25.7 Å². The van der Waals surface area contributed by atoms with Gasteiger partial charge in [0, 0.05) is 31.6 Å². The van der Waals surface area contributed by atoms with Gasteiger partial charge in [-0.3, -0.25) is 9.59 Å². The number of rotatable bonds is 5. The van der Waals surface area contributed by atoms with E-state index in [0.717, 1.165) is 6.42 Å². The largest absolute Gasteiger partial charge is 0.375 e. The minimum absolute atomic E-state index is 0.0314. The maximum atomic E-state index is 12.4. The quantitative estimate of drug-likeness (QED) is 0.801. The van der Waals surface area contributed by atoms with Gasteiger partial charge in [0.15, 0.2) is 5.82 Å². The van der Waals surface area contributed by atoms with Gasteiger partial charge in [0.2, 0.25) is 11.8 Å². The van der Waals surface area contributed by atoms with E-state index in [1.165, 1.54) is 18.4 Å². The fourth-order valence-corrected chi connectivity index (χ4v) is 4.83. The Morgan fingerprint density at radius 3 is 3.04 bits per heavy atom. The molecule has 1 saturated carbocycles. The highest BCUT2D eigenvalue weighted by Crippen LogP contribution is 2.50. The molecule has 9 nitrogen and oxygen atoms in total. The topological polar surface area (TPSA) is 110 Å². The Kier molecular flexibility index (Phi) is 4.68. The Hall–Kier alpha value is -2.33. The van der Waals surface area contributed by atoms with Crippen molar-refractivity contribution >= 4 is 23.2 Å². The van der Waals surface area contributed by atoms with Crippen LogP contribution < -0.4 is 5.32 Å². The summed E-state index contributed by atoms with van der Waals surface area (Å²) in [5.41, 5.74) is 1.63. The molecule has 3 atom stereocenters. The van der Waals surface area contributed by atoms with E-state index < -0.39 is 5.41 Å². The standard InChI is InChI=1S/C17H21N5O4S/c1-10-19-16(26-21-10)17-4-12(20-15(24)13-7-27-9-18-13)3-11(17)5-22(8-17)14(23)6-25-2/h7,9,11-12H,3-6,8H2,1-2H3,(H,20,24)/t11?,12-,17+/m1/s1. The predicted octanol–water partition coefficient (Wildman–Crippen LogP) is 0.770. The molecule has 1 aliphatic heterocycles. The van der Waals surface area contributed by atoms with Crippen molar-refractivity contribution in [3.63, 3.8) is 0 Å². The highest BCUT2D eigenvalue weighted by molar-refractivity contribution is 7.07. The van der Waals surface area contributed by atoms with E-state index in [1.54, 1.807) is 22.7 Å². The van der Waals surface area contributed by atoms with Crippen LogP contribution in [0.1, 0.15) is 35.0 Å². The number of hydrogen-bond acceptors (Lipinski definition) is 8. The van der Waals surface area contributed by atoms with Crippen LogP contribution in [0, 0.1) is 12.8 Å². The van der Waals surface area contributed by atoms with Crippen LogP contribution in [0.2, 0.25) is 0 Å². The summed E-state index contributed by atoms with van der Waals surface area (Å²) >= 11 is 1.39. The van der Waals surface area contributed by atoms with Gasteiger partial charge in [-0.2, -0.15) is 4.98 Å². The molecule has 1 N–H and O–H groups in total. The number of carbonyl (C=O) groups excluding carboxylic acids is 2. The molecule has 3 heterocycles. The van der Waals surface area contributed by atoms with Gasteiger partial charge in [-0.25, -0.2) is 4.98 Å². The van der Waals surface area contributed by atoms with Gasteiger partial charge in [-0.1, -0.05) is 5.16 Å². The number of carbonyl (C=O) groups is 2. The molecule has 2 fully saturated rings. The Bertz CT molecular complexity index is 838. The first-order valence-corrected chi connectivity index (χ1v) is 9.72. The molecule has 0 aromatic carbocycles. The Labute approximate surface area is 160 Å². The van der Waals surface area contributed by atoms with Gasteiger partial charge in [-0.15, -0.1) is 11.3 Å². The Morgan fingerprint density at radius 2 is 2.37 bits per heavy atom. The maximum Gasteiger partial charge on any atom is 0.270 e. The smallest absolute Gasteiger partial charge is 0.270 e. The number of nitrogens with zero attached hydrogens (tertiary/aromatic N) is 4. The summed E-state index contributed by atoms with van der Waals surface area (Å²) in [6.45, 7) is 2.91. The minimum Gasteiger partial charge on any atom is -0.375 e. The van der Waals surface area contributed by atoms with Crippen molar-refractivity contribution in [2.75, 3.05) is 26.8 Å². The molecule has 2 aliphatic rings. The van der Waals surface area contributed by atoms with Crippen molar-refractivity contribution in [3.8, 4) is 0 Å². The fraction of sp³-hybridized carbons (Fsp3) is 0.588. The summed E-state index contributed by atoms with van der Waals surface area (Å²) in [7, 11) is 1.51. The van der Waals surface area contributed by atoms with Crippen molar-refractivity contribution < 1.29 is 18.8 Å². The van der Waals surface area contributed by atoms with Crippen LogP contribution >= 0.6 is 11.3 Å². The summed E-state index contributed by atoms with van der Waals surface area (Å²) in [4.78, 5) is 35.0. The van der Waals surface area contributed by atoms with E-state index in [2.05, 4.69) is 20.4 Å². The van der Waals surface area contributed by atoms with Gasteiger partial charge < -0.3 is 19.5 Å². The van der Waals surface area contributed by atoms with E-state index in [1.807, 2.05) is 0 Å². The number of nitrogens with one attached hydrogen (secondary N) is 1. The highest BCUT2D eigenvalue weighted by Gasteiger charge is 2.58. The monoisotopic (exact) mass is 391 g/mol. The van der Waals surface area contributed by atoms with E-state index in [0.29, 0.717) is 36.9 Å². The summed E-state index contributed by atoms with van der Waals surface area (Å²) in [5.74, 6) is 1.02. The van der Waals surface area contributed by atoms with Crippen molar-refractivity contribution in [2.45, 2.75) is 31.2 Å². The lowest BCUT2D eigenvalue weighted by molar-refractivity contribution is -0.134. The van der Waals surface area contributed by atoms with Gasteiger partial charge in [0.05, 0.1) is 10.9 Å². The summed E-state index contributed by atoms with van der Waals surface area (Å²) < 4.78 is 10.5. The van der Waals surface area contributed by atoms with E-state index >= 15 is 0 Å². The number of ether oxygens (including phenoxy) is 1. The van der Waals surface area contributed by atoms with E-state index in [4.69, 9.17) is 9.26 Å². The first-order valence-electron chi connectivity index (χ1n) is 8.78. The number of fused-ring (bicyclic) bond motifs is 1. The second-order valence-electron chi connectivity index (χ2n) is 7.19. The third-order valence-corrected chi connectivity index (χ3v) is 6.04. The van der Waals surface area contributed by atoms with Crippen molar-refractivity contribution in [1.29, 1.82) is 0 Å². The maximum absolute atomic E-state index is 12.4. The first-order chi connectivity index (χ1) is 13.0. The van der Waals surface area contributed by atoms with Crippen molar-refractivity contribution in [3.05, 3.63) is 28.3 Å². The lowest BCUT2D eigenvalue weighted by Crippen LogP contribution is -2.40. The first kappa shape index (κ1) is 18.1. The second kappa shape index (κ2) is 7.01. The third kappa shape index (κ3) is 3.23. The van der Waals surface area contributed by atoms with Crippen LogP contribution in [0.4, 0.5) is 0 Å². The molecule has 10 heteroatoms. The van der Waals surface area contributed by atoms with E-state index in [-0.39, 0.29) is 30.4 Å². The van der Waals surface area contributed by atoms with Crippen LogP contribution in [0.5, 0.6) is 0 Å². The summed E-state index contributed by atoms with van der Waals surface area (Å²) in [6, 6.07) is -0.0314. The number of amides is 2. The lowest BCUT2D eigenvalue weighted by Gasteiger charge is -2.25. The summed E-state index contributed by atoms with van der Waals surface area (Å²) in [6.07, 6.45) is 1.39. The van der Waals surface area contributed by atoms with Gasteiger partial charge in [0.1, 0.15) is 12.3 Å². The van der Waals surface area contributed by atoms with Gasteiger partial charge >= 0.3 is 0 Å². The second-order valence-corrected chi connectivity index (χ2v) is 7.91. The molecule has 0 radical (unpaired) electrons. The molecule has 144 valence electrons. The number of thiazole rings is 1. The normalized spacial score (nSPS) is 27.0. The average Bonchev–Trinajstić information content (AvgIpc) is 3.37. The molecular weight excluding hydrogens is 370 g/mol. The van der Waals surface area contributed by atoms with Crippen LogP contribution in [0.15, 0.2) is 15.4 Å². The van der Waals surface area contributed by atoms with Crippen LogP contribution in [0.3, 0.4) is 0 Å². The third-order valence-electron chi connectivity index (χ3n) is 5.45. The molecule has 4 rings (SSSR count). The van der Waals surface area contributed by atoms with Crippen LogP contribution in [0.25, 0.3) is 0 Å². The number of hydrogen-bond donors (Lipinski definition) is 1. The Balaban J connectivity index is 1.55. The zero-order chi connectivity index (χ0) is 19.0. The number of aryl methyl sites for hydroxylation is 1. The minimum atomic E-state index is -0.440. The molecule has 2 amide bonds. The number of methoxy groups -OCH3 is 1. The van der Waals surface area contributed by atoms with Crippen molar-refractivity contribution in [1.82, 2.24) is 25.3 Å². The fourth-order valence-electron chi connectivity index (χ4n) is 4.30. The summed E-state index contributed by atoms with van der Waals surface area (Å²) in [5, 5.41) is 8.74. The number of likely N-dealkylation sites (tertiary alicyclic amines) is 1. The molecule has 1 unspecified atom stereocenters. The van der Waals surface area contributed by atoms with Crippen molar-refractivity contribution in [2.24, 2.45) is 5.92 Å². The molecular formula is C17H21N5O4S. The van der Waals surface area contributed by atoms with Gasteiger partial charge in [0.25, 0.3) is 5.91 Å². The predicted molar refractivity (Wildman–Crippen MR) is 95.3 cm³/mol. The van der Waals surface area contributed by atoms with E-state index in [9.17, 15) is 9.59 Å². The molecule has 0 bridgehead atoms. The average molecular weight is 391 g/mol. The molecule has 2 aromatic heterocycles. The van der Waals surface area contributed by atoms with Crippen LogP contribution in [-0.4, -0.2) is 64.7 Å². The molecule has 2 aromatic rings. The lowest BCUT2D eigenvalue weighted by atomic mass is 9.80. The molecule has 0 spiro atoms. The molecule has 27 heavy (non-hydrogen) atoms. The zero-order valence-corrected chi connectivity index (χ0v) is 16.0. The Morgan fingerprint density at radius 1 is 1.52 bits per heavy atom. The molecule has 1 saturated heterocycles. The SMILES string of the molecule is COCC(=O)N1CC2C[C@@H](NC(=O)c3cscn3)C[C@]2(c2nc(C)no2)C1. The zero-order valence-electron chi connectivity index (χ0n) is 15.2. The van der Waals surface area contributed by atoms with Crippen LogP contribution in [-0.2, 0) is 14.9 Å². The molecule has 1 aliphatic carbocycles. The number of aromatic nitrogens is 3.